The zero-order valence-electron chi connectivity index (χ0n) is 23.0. The van der Waals surface area contributed by atoms with Gasteiger partial charge in [-0.3, -0.25) is 9.69 Å². The number of sulfonamides is 1. The van der Waals surface area contributed by atoms with Gasteiger partial charge in [0.25, 0.3) is 0 Å². The van der Waals surface area contributed by atoms with Gasteiger partial charge in [0, 0.05) is 50.1 Å². The Morgan fingerprint density at radius 1 is 1.05 bits per heavy atom. The van der Waals surface area contributed by atoms with Crippen molar-refractivity contribution in [3.63, 3.8) is 0 Å². The summed E-state index contributed by atoms with van der Waals surface area (Å²) in [6, 6.07) is 12.3. The lowest BCUT2D eigenvalue weighted by Gasteiger charge is -2.40. The summed E-state index contributed by atoms with van der Waals surface area (Å²) in [6.07, 6.45) is 1.25. The second kappa shape index (κ2) is 11.1. The molecule has 6 nitrogen and oxygen atoms in total. The van der Waals surface area contributed by atoms with Crippen LogP contribution in [0, 0.1) is 26.6 Å². The molecular weight excluding hydrogens is 533 g/mol. The van der Waals surface area contributed by atoms with E-state index in [0.29, 0.717) is 31.0 Å². The maximum Gasteiger partial charge on any atom is 0.243 e. The molecule has 2 aliphatic rings. The summed E-state index contributed by atoms with van der Waals surface area (Å²) in [7, 11) is -3.67. The van der Waals surface area contributed by atoms with Crippen molar-refractivity contribution in [3.05, 3.63) is 86.4 Å². The highest BCUT2D eigenvalue weighted by molar-refractivity contribution is 7.89. The fourth-order valence-electron chi connectivity index (χ4n) is 6.29. The fourth-order valence-corrected chi connectivity index (χ4v) is 9.22. The largest absolute Gasteiger partial charge is 0.340 e. The van der Waals surface area contributed by atoms with Gasteiger partial charge >= 0.3 is 0 Å². The Kier molecular flexibility index (Phi) is 7.97. The first kappa shape index (κ1) is 28.0. The molecular formula is C30H36FN3O3S2. The number of piperazine rings is 1. The Bertz CT molecular complexity index is 1460. The molecule has 0 saturated carbocycles. The molecule has 208 valence electrons. The summed E-state index contributed by atoms with van der Waals surface area (Å²) >= 11 is 1.73. The summed E-state index contributed by atoms with van der Waals surface area (Å²) in [5, 5.41) is 2.08. The standard InChI is InChI=1S/C30H36FN3O3S2/c1-20-16-21(2)30(22(3)17-20)39(36,37)34-14-13-33(19-23(34)4)28(35)9-12-32-11-8-27-26(10-15-38-27)29(32)24-6-5-7-25(31)18-24/h5-7,10,15-18,23,29H,8-9,11-14,19H2,1-4H3. The van der Waals surface area contributed by atoms with Crippen molar-refractivity contribution < 1.29 is 17.6 Å². The number of hydrogen-bond donors (Lipinski definition) is 0. The Morgan fingerprint density at radius 3 is 2.49 bits per heavy atom. The second-order valence-electron chi connectivity index (χ2n) is 10.8. The minimum absolute atomic E-state index is 0.0238. The predicted molar refractivity (Wildman–Crippen MR) is 153 cm³/mol. The summed E-state index contributed by atoms with van der Waals surface area (Å²) in [5.41, 5.74) is 4.63. The Labute approximate surface area is 235 Å². The van der Waals surface area contributed by atoms with Crippen LogP contribution in [-0.4, -0.2) is 67.2 Å². The number of benzene rings is 2. The number of aryl methyl sites for hydroxylation is 3. The lowest BCUT2D eigenvalue weighted by Crippen LogP contribution is -2.55. The quantitative estimate of drug-likeness (QED) is 0.416. The van der Waals surface area contributed by atoms with Crippen LogP contribution in [0.5, 0.6) is 0 Å². The molecule has 2 aromatic carbocycles. The lowest BCUT2D eigenvalue weighted by molar-refractivity contribution is -0.133. The van der Waals surface area contributed by atoms with Crippen LogP contribution in [0.25, 0.3) is 0 Å². The molecule has 0 bridgehead atoms. The van der Waals surface area contributed by atoms with Crippen LogP contribution in [0.2, 0.25) is 0 Å². The van der Waals surface area contributed by atoms with Crippen molar-refractivity contribution in [1.82, 2.24) is 14.1 Å². The van der Waals surface area contributed by atoms with E-state index in [2.05, 4.69) is 16.3 Å². The average molecular weight is 570 g/mol. The van der Waals surface area contributed by atoms with E-state index < -0.39 is 10.0 Å². The smallest absolute Gasteiger partial charge is 0.243 e. The molecule has 2 atom stereocenters. The maximum atomic E-state index is 14.1. The van der Waals surface area contributed by atoms with E-state index in [4.69, 9.17) is 0 Å². The minimum Gasteiger partial charge on any atom is -0.340 e. The predicted octanol–water partition coefficient (Wildman–Crippen LogP) is 5.07. The third-order valence-electron chi connectivity index (χ3n) is 7.93. The van der Waals surface area contributed by atoms with Gasteiger partial charge in [-0.05, 0) is 79.9 Å². The van der Waals surface area contributed by atoms with Crippen LogP contribution in [0.15, 0.2) is 52.7 Å². The monoisotopic (exact) mass is 569 g/mol. The molecule has 1 saturated heterocycles. The molecule has 3 heterocycles. The van der Waals surface area contributed by atoms with Crippen LogP contribution >= 0.6 is 11.3 Å². The van der Waals surface area contributed by atoms with E-state index in [0.717, 1.165) is 35.2 Å². The first-order valence-electron chi connectivity index (χ1n) is 13.5. The van der Waals surface area contributed by atoms with Gasteiger partial charge in [-0.2, -0.15) is 4.31 Å². The highest BCUT2D eigenvalue weighted by atomic mass is 32.2. The number of fused-ring (bicyclic) bond motifs is 1. The van der Waals surface area contributed by atoms with E-state index in [1.165, 1.54) is 16.5 Å². The molecule has 2 unspecified atom stereocenters. The van der Waals surface area contributed by atoms with Gasteiger partial charge in [0.2, 0.25) is 15.9 Å². The Hall–Kier alpha value is -2.59. The summed E-state index contributed by atoms with van der Waals surface area (Å²) in [5.74, 6) is -0.237. The Morgan fingerprint density at radius 2 is 1.79 bits per heavy atom. The number of halogens is 1. The molecule has 5 rings (SSSR count). The van der Waals surface area contributed by atoms with Crippen LogP contribution < -0.4 is 0 Å². The molecule has 1 fully saturated rings. The van der Waals surface area contributed by atoms with Crippen molar-refractivity contribution in [1.29, 1.82) is 0 Å². The summed E-state index contributed by atoms with van der Waals surface area (Å²) in [6.45, 7) is 9.89. The zero-order valence-corrected chi connectivity index (χ0v) is 24.6. The third kappa shape index (κ3) is 5.55. The molecule has 1 aromatic heterocycles. The number of carbonyl (C=O) groups excluding carboxylic acids is 1. The summed E-state index contributed by atoms with van der Waals surface area (Å²) in [4.78, 5) is 19.1. The third-order valence-corrected chi connectivity index (χ3v) is 11.2. The van der Waals surface area contributed by atoms with Crippen molar-refractivity contribution in [2.75, 3.05) is 32.7 Å². The number of thiophene rings is 1. The van der Waals surface area contributed by atoms with Crippen LogP contribution in [-0.2, 0) is 21.2 Å². The van der Waals surface area contributed by atoms with Crippen molar-refractivity contribution in [2.24, 2.45) is 0 Å². The van der Waals surface area contributed by atoms with Crippen molar-refractivity contribution >= 4 is 27.3 Å². The number of nitrogens with zero attached hydrogens (tertiary/aromatic N) is 3. The van der Waals surface area contributed by atoms with Gasteiger partial charge in [0.1, 0.15) is 5.82 Å². The van der Waals surface area contributed by atoms with Crippen LogP contribution in [0.1, 0.15) is 52.1 Å². The van der Waals surface area contributed by atoms with Crippen LogP contribution in [0.3, 0.4) is 0 Å². The number of hydrogen-bond acceptors (Lipinski definition) is 5. The highest BCUT2D eigenvalue weighted by Crippen LogP contribution is 2.38. The molecule has 0 radical (unpaired) electrons. The van der Waals surface area contributed by atoms with E-state index in [1.807, 2.05) is 45.9 Å². The number of rotatable bonds is 6. The van der Waals surface area contributed by atoms with Gasteiger partial charge in [0.15, 0.2) is 0 Å². The minimum atomic E-state index is -3.67. The van der Waals surface area contributed by atoms with Gasteiger partial charge < -0.3 is 4.90 Å². The van der Waals surface area contributed by atoms with Crippen LogP contribution in [0.4, 0.5) is 4.39 Å². The maximum absolute atomic E-state index is 14.1. The summed E-state index contributed by atoms with van der Waals surface area (Å²) < 4.78 is 42.9. The molecule has 0 spiro atoms. The van der Waals surface area contributed by atoms with E-state index in [-0.39, 0.29) is 30.4 Å². The van der Waals surface area contributed by atoms with Gasteiger partial charge in [-0.25, -0.2) is 12.8 Å². The van der Waals surface area contributed by atoms with Gasteiger partial charge in [-0.15, -0.1) is 11.3 Å². The fraction of sp³-hybridized carbons (Fsp3) is 0.433. The highest BCUT2D eigenvalue weighted by Gasteiger charge is 2.37. The molecule has 2 aliphatic heterocycles. The normalized spacial score (nSPS) is 20.7. The van der Waals surface area contributed by atoms with Crippen molar-refractivity contribution in [3.8, 4) is 0 Å². The lowest BCUT2D eigenvalue weighted by atomic mass is 9.93. The molecule has 1 amide bonds. The van der Waals surface area contributed by atoms with Gasteiger partial charge in [0.05, 0.1) is 10.9 Å². The topological polar surface area (TPSA) is 60.9 Å². The molecule has 9 heteroatoms. The molecule has 39 heavy (non-hydrogen) atoms. The first-order valence-corrected chi connectivity index (χ1v) is 15.8. The van der Waals surface area contributed by atoms with E-state index in [9.17, 15) is 17.6 Å². The average Bonchev–Trinajstić information content (AvgIpc) is 3.34. The molecule has 3 aromatic rings. The van der Waals surface area contributed by atoms with E-state index in [1.54, 1.807) is 32.7 Å². The second-order valence-corrected chi connectivity index (χ2v) is 13.7. The number of amides is 1. The van der Waals surface area contributed by atoms with Gasteiger partial charge in [-0.1, -0.05) is 29.8 Å². The molecule has 0 N–H and O–H groups in total. The zero-order chi connectivity index (χ0) is 27.9. The van der Waals surface area contributed by atoms with Crippen molar-refractivity contribution in [2.45, 2.75) is 57.5 Å². The first-order chi connectivity index (χ1) is 18.6. The Balaban J connectivity index is 1.26. The van der Waals surface area contributed by atoms with E-state index >= 15 is 0 Å². The molecule has 0 aliphatic carbocycles. The SMILES string of the molecule is Cc1cc(C)c(S(=O)(=O)N2CCN(C(=O)CCN3CCc4sccc4C3c3cccc(F)c3)CC2C)c(C)c1. The number of carbonyl (C=O) groups is 1.